The number of benzene rings is 4. The fourth-order valence-corrected chi connectivity index (χ4v) is 4.80. The molecule has 2 N–H and O–H groups in total. The monoisotopic (exact) mass is 597 g/mol. The summed E-state index contributed by atoms with van der Waals surface area (Å²) >= 11 is 3.62. The highest BCUT2D eigenvalue weighted by atomic mass is 79.9. The van der Waals surface area contributed by atoms with Gasteiger partial charge in [-0.3, -0.25) is 4.79 Å². The van der Waals surface area contributed by atoms with Gasteiger partial charge in [-0.25, -0.2) is 10.2 Å². The highest BCUT2D eigenvalue weighted by molar-refractivity contribution is 9.10. The van der Waals surface area contributed by atoms with Crippen LogP contribution in [0.5, 0.6) is 17.2 Å². The van der Waals surface area contributed by atoms with Crippen LogP contribution in [0.2, 0.25) is 0 Å². The fraction of sp³-hybridized carbons (Fsp3) is 0.0645. The van der Waals surface area contributed by atoms with Crippen molar-refractivity contribution < 1.29 is 23.8 Å². The van der Waals surface area contributed by atoms with Gasteiger partial charge in [-0.2, -0.15) is 5.10 Å². The van der Waals surface area contributed by atoms with Crippen molar-refractivity contribution in [3.8, 4) is 28.4 Å². The normalized spacial score (nSPS) is 11.0. The fourth-order valence-electron chi connectivity index (χ4n) is 4.28. The second kappa shape index (κ2) is 11.9. The largest absolute Gasteiger partial charge is 0.495 e. The van der Waals surface area contributed by atoms with E-state index in [0.717, 1.165) is 21.0 Å². The maximum Gasteiger partial charge on any atom is 0.343 e. The Bertz CT molecular complexity index is 1720. The van der Waals surface area contributed by atoms with E-state index in [0.29, 0.717) is 33.8 Å². The number of fused-ring (bicyclic) bond motifs is 1. The number of hydrogen-bond acceptors (Lipinski definition) is 6. The van der Waals surface area contributed by atoms with E-state index >= 15 is 0 Å². The lowest BCUT2D eigenvalue weighted by Crippen LogP contribution is -2.18. The molecule has 4 aromatic carbocycles. The number of carbonyl (C=O) groups excluding carboxylic acids is 2. The van der Waals surface area contributed by atoms with Gasteiger partial charge in [-0.1, -0.05) is 64.5 Å². The zero-order valence-electron chi connectivity index (χ0n) is 21.6. The summed E-state index contributed by atoms with van der Waals surface area (Å²) in [5.74, 6) is 0.295. The Hall–Kier alpha value is -4.89. The van der Waals surface area contributed by atoms with E-state index in [1.807, 2.05) is 48.5 Å². The number of aromatic amines is 1. The molecule has 5 rings (SSSR count). The lowest BCUT2D eigenvalue weighted by atomic mass is 10.0. The number of nitrogens with zero attached hydrogens (tertiary/aromatic N) is 1. The molecule has 0 spiro atoms. The van der Waals surface area contributed by atoms with Crippen LogP contribution < -0.4 is 19.6 Å². The van der Waals surface area contributed by atoms with Crippen molar-refractivity contribution in [1.29, 1.82) is 0 Å². The number of halogens is 1. The predicted molar refractivity (Wildman–Crippen MR) is 157 cm³/mol. The summed E-state index contributed by atoms with van der Waals surface area (Å²) < 4.78 is 17.2. The van der Waals surface area contributed by atoms with Crippen molar-refractivity contribution in [3.05, 3.63) is 112 Å². The summed E-state index contributed by atoms with van der Waals surface area (Å²) in [6, 6.07) is 27.0. The van der Waals surface area contributed by atoms with E-state index in [4.69, 9.17) is 14.2 Å². The number of aromatic nitrogens is 1. The second-order valence-corrected chi connectivity index (χ2v) is 9.46. The van der Waals surface area contributed by atoms with Crippen molar-refractivity contribution in [3.63, 3.8) is 0 Å². The first-order valence-electron chi connectivity index (χ1n) is 12.2. The minimum Gasteiger partial charge on any atom is -0.495 e. The van der Waals surface area contributed by atoms with Gasteiger partial charge in [0.15, 0.2) is 11.5 Å². The second-order valence-electron chi connectivity index (χ2n) is 8.61. The van der Waals surface area contributed by atoms with E-state index in [-0.39, 0.29) is 5.75 Å². The van der Waals surface area contributed by atoms with Gasteiger partial charge < -0.3 is 19.2 Å². The molecule has 0 aliphatic heterocycles. The molecule has 1 aromatic heterocycles. The summed E-state index contributed by atoms with van der Waals surface area (Å²) in [5.41, 5.74) is 6.26. The van der Waals surface area contributed by atoms with Gasteiger partial charge in [0.1, 0.15) is 11.4 Å². The summed E-state index contributed by atoms with van der Waals surface area (Å²) in [6.45, 7) is 0. The number of amides is 1. The molecule has 0 radical (unpaired) electrons. The van der Waals surface area contributed by atoms with Crippen molar-refractivity contribution >= 4 is 44.9 Å². The first kappa shape index (κ1) is 26.7. The summed E-state index contributed by atoms with van der Waals surface area (Å²) in [7, 11) is 3.06. The van der Waals surface area contributed by atoms with Crippen LogP contribution in [0.15, 0.2) is 101 Å². The number of ether oxygens (including phenoxy) is 3. The Balaban J connectivity index is 1.39. The van der Waals surface area contributed by atoms with Crippen molar-refractivity contribution in [2.24, 2.45) is 5.10 Å². The van der Waals surface area contributed by atoms with E-state index in [2.05, 4.69) is 31.4 Å². The third-order valence-corrected chi connectivity index (χ3v) is 6.82. The van der Waals surface area contributed by atoms with Crippen molar-refractivity contribution in [2.75, 3.05) is 14.2 Å². The lowest BCUT2D eigenvalue weighted by molar-refractivity contribution is 0.0729. The van der Waals surface area contributed by atoms with Gasteiger partial charge in [-0.05, 0) is 53.6 Å². The molecular weight excluding hydrogens is 574 g/mol. The number of H-pyrrole nitrogens is 1. The SMILES string of the molecule is COc1cc(C=NNC(=O)c2[nH]c3c(OC)ccc(Br)c3c2-c2ccccc2)ccc1OC(=O)c1ccccc1. The van der Waals surface area contributed by atoms with E-state index in [1.165, 1.54) is 13.3 Å². The summed E-state index contributed by atoms with van der Waals surface area (Å²) in [5, 5.41) is 4.97. The van der Waals surface area contributed by atoms with Crippen LogP contribution in [-0.4, -0.2) is 37.3 Å². The standard InChI is InChI=1S/C31H24BrN3O5/c1-38-24-16-14-22(32)27-26(20-9-5-3-6-10-20)29(34-28(24)27)30(36)35-33-18-19-13-15-23(25(17-19)39-2)40-31(37)21-11-7-4-8-12-21/h3-18,34H,1-2H3,(H,35,36). The molecule has 0 aliphatic rings. The quantitative estimate of drug-likeness (QED) is 0.0908. The molecule has 0 fully saturated rings. The number of nitrogens with one attached hydrogen (secondary N) is 2. The van der Waals surface area contributed by atoms with Gasteiger partial charge in [-0.15, -0.1) is 0 Å². The van der Waals surface area contributed by atoms with Gasteiger partial charge >= 0.3 is 5.97 Å². The Morgan fingerprint density at radius 3 is 2.23 bits per heavy atom. The molecule has 8 nitrogen and oxygen atoms in total. The predicted octanol–water partition coefficient (Wildman–Crippen LogP) is 6.60. The molecule has 0 unspecified atom stereocenters. The zero-order chi connectivity index (χ0) is 28.1. The van der Waals surface area contributed by atoms with Gasteiger partial charge in [0.05, 0.1) is 31.5 Å². The molecule has 200 valence electrons. The smallest absolute Gasteiger partial charge is 0.343 e. The summed E-state index contributed by atoms with van der Waals surface area (Å²) in [6.07, 6.45) is 1.48. The zero-order valence-corrected chi connectivity index (χ0v) is 23.2. The minimum atomic E-state index is -0.497. The number of methoxy groups -OCH3 is 2. The van der Waals surface area contributed by atoms with Gasteiger partial charge in [0.2, 0.25) is 0 Å². The molecule has 1 heterocycles. The van der Waals surface area contributed by atoms with Crippen LogP contribution in [0.4, 0.5) is 0 Å². The number of rotatable bonds is 8. The first-order valence-corrected chi connectivity index (χ1v) is 13.0. The molecule has 5 aromatic rings. The number of hydrogen-bond donors (Lipinski definition) is 2. The van der Waals surface area contributed by atoms with Crippen molar-refractivity contribution in [1.82, 2.24) is 10.4 Å². The molecule has 9 heteroatoms. The third-order valence-electron chi connectivity index (χ3n) is 6.16. The molecule has 0 aliphatic carbocycles. The van der Waals surface area contributed by atoms with Gasteiger partial charge in [0.25, 0.3) is 5.91 Å². The molecular formula is C31H24BrN3O5. The molecule has 0 saturated carbocycles. The Labute approximate surface area is 238 Å². The molecule has 0 atom stereocenters. The lowest BCUT2D eigenvalue weighted by Gasteiger charge is -2.10. The number of carbonyl (C=O) groups is 2. The average Bonchev–Trinajstić information content (AvgIpc) is 3.41. The Morgan fingerprint density at radius 2 is 1.52 bits per heavy atom. The highest BCUT2D eigenvalue weighted by Gasteiger charge is 2.23. The highest BCUT2D eigenvalue weighted by Crippen LogP contribution is 2.40. The van der Waals surface area contributed by atoms with Gasteiger partial charge in [0, 0.05) is 15.4 Å². The Kier molecular flexibility index (Phi) is 7.93. The molecule has 1 amide bonds. The van der Waals surface area contributed by atoms with Crippen LogP contribution in [0.3, 0.4) is 0 Å². The minimum absolute atomic E-state index is 0.266. The first-order chi connectivity index (χ1) is 19.5. The summed E-state index contributed by atoms with van der Waals surface area (Å²) in [4.78, 5) is 29.0. The maximum atomic E-state index is 13.3. The average molecular weight is 598 g/mol. The van der Waals surface area contributed by atoms with Crippen LogP contribution in [0, 0.1) is 0 Å². The van der Waals surface area contributed by atoms with Crippen LogP contribution in [0.25, 0.3) is 22.0 Å². The van der Waals surface area contributed by atoms with Crippen LogP contribution in [0.1, 0.15) is 26.4 Å². The third kappa shape index (κ3) is 5.45. The number of esters is 1. The van der Waals surface area contributed by atoms with E-state index in [1.54, 1.807) is 49.6 Å². The molecule has 0 bridgehead atoms. The van der Waals surface area contributed by atoms with Crippen LogP contribution >= 0.6 is 15.9 Å². The Morgan fingerprint density at radius 1 is 0.850 bits per heavy atom. The van der Waals surface area contributed by atoms with E-state index in [9.17, 15) is 9.59 Å². The molecule has 40 heavy (non-hydrogen) atoms. The maximum absolute atomic E-state index is 13.3. The van der Waals surface area contributed by atoms with E-state index < -0.39 is 11.9 Å². The van der Waals surface area contributed by atoms with Crippen molar-refractivity contribution in [2.45, 2.75) is 0 Å². The van der Waals surface area contributed by atoms with Crippen LogP contribution in [-0.2, 0) is 0 Å². The topological polar surface area (TPSA) is 102 Å². The molecule has 0 saturated heterocycles. The number of hydrazone groups is 1.